The summed E-state index contributed by atoms with van der Waals surface area (Å²) < 4.78 is 1.93. The maximum Gasteiger partial charge on any atom is 0.231 e. The molecule has 1 heterocycles. The molecule has 2 N–H and O–H groups in total. The molecule has 2 aromatic carbocycles. The molecule has 1 unspecified atom stereocenters. The first-order valence-electron chi connectivity index (χ1n) is 7.83. The molecule has 3 rings (SSSR count). The second-order valence-electron chi connectivity index (χ2n) is 5.40. The van der Waals surface area contributed by atoms with Crippen molar-refractivity contribution in [2.45, 2.75) is 23.8 Å². The second kappa shape index (κ2) is 7.72. The highest BCUT2D eigenvalue weighted by Crippen LogP contribution is 2.31. The van der Waals surface area contributed by atoms with Crippen LogP contribution in [0.1, 0.15) is 13.3 Å². The molecular weight excluding hydrogens is 356 g/mol. The Morgan fingerprint density at radius 2 is 1.84 bits per heavy atom. The van der Waals surface area contributed by atoms with E-state index in [1.165, 1.54) is 11.8 Å². The molecule has 0 spiro atoms. The normalized spacial score (nSPS) is 12.1. The molecule has 0 saturated heterocycles. The molecule has 25 heavy (non-hydrogen) atoms. The molecule has 5 nitrogen and oxygen atoms in total. The number of nitrogens with two attached hydrogens (primary N) is 1. The average molecular weight is 373 g/mol. The van der Waals surface area contributed by atoms with E-state index in [4.69, 9.17) is 17.3 Å². The predicted molar refractivity (Wildman–Crippen MR) is 101 cm³/mol. The number of thioether (sulfide) groups is 1. The minimum Gasteiger partial charge on any atom is -0.369 e. The van der Waals surface area contributed by atoms with E-state index in [0.29, 0.717) is 22.4 Å². The van der Waals surface area contributed by atoms with E-state index in [2.05, 4.69) is 10.2 Å². The Labute approximate surface area is 155 Å². The van der Waals surface area contributed by atoms with E-state index >= 15 is 0 Å². The van der Waals surface area contributed by atoms with E-state index in [1.54, 1.807) is 0 Å². The molecular formula is C18H17ClN4OS. The van der Waals surface area contributed by atoms with Crippen LogP contribution >= 0.6 is 23.4 Å². The van der Waals surface area contributed by atoms with Gasteiger partial charge in [0.2, 0.25) is 5.91 Å². The number of carbonyl (C=O) groups excluding carboxylic acids is 1. The summed E-state index contributed by atoms with van der Waals surface area (Å²) in [5, 5.41) is 9.56. The van der Waals surface area contributed by atoms with Crippen molar-refractivity contribution in [1.82, 2.24) is 14.8 Å². The lowest BCUT2D eigenvalue weighted by Gasteiger charge is -2.13. The zero-order valence-corrected chi connectivity index (χ0v) is 15.2. The summed E-state index contributed by atoms with van der Waals surface area (Å²) in [6.07, 6.45) is 0.623. The van der Waals surface area contributed by atoms with Crippen LogP contribution in [-0.2, 0) is 4.79 Å². The van der Waals surface area contributed by atoms with Gasteiger partial charge >= 0.3 is 0 Å². The van der Waals surface area contributed by atoms with Crippen molar-refractivity contribution >= 4 is 29.3 Å². The third-order valence-electron chi connectivity index (χ3n) is 3.69. The lowest BCUT2D eigenvalue weighted by molar-refractivity contribution is -0.117. The number of aromatic nitrogens is 3. The smallest absolute Gasteiger partial charge is 0.231 e. The molecule has 1 atom stereocenters. The van der Waals surface area contributed by atoms with Gasteiger partial charge in [0.05, 0.1) is 5.25 Å². The molecule has 0 radical (unpaired) electrons. The summed E-state index contributed by atoms with van der Waals surface area (Å²) >= 11 is 7.31. The molecule has 0 aliphatic carbocycles. The Bertz CT molecular complexity index is 865. The van der Waals surface area contributed by atoms with Crippen LogP contribution in [0.5, 0.6) is 0 Å². The largest absolute Gasteiger partial charge is 0.369 e. The quantitative estimate of drug-likeness (QED) is 0.665. The molecule has 0 aliphatic heterocycles. The number of amides is 1. The highest BCUT2D eigenvalue weighted by molar-refractivity contribution is 8.00. The van der Waals surface area contributed by atoms with Gasteiger partial charge in [-0.05, 0) is 42.8 Å². The van der Waals surface area contributed by atoms with Gasteiger partial charge in [-0.15, -0.1) is 10.2 Å². The molecule has 1 amide bonds. The van der Waals surface area contributed by atoms with Crippen LogP contribution in [0.25, 0.3) is 17.1 Å². The summed E-state index contributed by atoms with van der Waals surface area (Å²) in [5.41, 5.74) is 7.29. The van der Waals surface area contributed by atoms with Crippen molar-refractivity contribution in [3.8, 4) is 17.1 Å². The number of hydrogen-bond donors (Lipinski definition) is 1. The Kier molecular flexibility index (Phi) is 5.40. The molecule has 0 saturated carbocycles. The van der Waals surface area contributed by atoms with Crippen molar-refractivity contribution in [2.24, 2.45) is 5.73 Å². The van der Waals surface area contributed by atoms with Gasteiger partial charge in [0.15, 0.2) is 11.0 Å². The summed E-state index contributed by atoms with van der Waals surface area (Å²) in [6.45, 7) is 1.92. The van der Waals surface area contributed by atoms with Gasteiger partial charge in [-0.1, -0.05) is 48.5 Å². The van der Waals surface area contributed by atoms with Gasteiger partial charge in [0, 0.05) is 16.3 Å². The molecule has 7 heteroatoms. The van der Waals surface area contributed by atoms with E-state index in [9.17, 15) is 4.79 Å². The van der Waals surface area contributed by atoms with Gasteiger partial charge < -0.3 is 5.73 Å². The molecule has 0 bridgehead atoms. The van der Waals surface area contributed by atoms with Crippen LogP contribution in [0.4, 0.5) is 0 Å². The van der Waals surface area contributed by atoms with E-state index < -0.39 is 0 Å². The van der Waals surface area contributed by atoms with Crippen LogP contribution in [0.15, 0.2) is 59.8 Å². The number of rotatable bonds is 6. The van der Waals surface area contributed by atoms with Gasteiger partial charge in [-0.2, -0.15) is 0 Å². The zero-order chi connectivity index (χ0) is 17.8. The van der Waals surface area contributed by atoms with Crippen LogP contribution in [0, 0.1) is 0 Å². The molecule has 1 aromatic heterocycles. The van der Waals surface area contributed by atoms with Gasteiger partial charge in [0.25, 0.3) is 0 Å². The van der Waals surface area contributed by atoms with Crippen LogP contribution in [-0.4, -0.2) is 25.9 Å². The maximum atomic E-state index is 11.6. The monoisotopic (exact) mass is 372 g/mol. The Hall–Kier alpha value is -2.31. The summed E-state index contributed by atoms with van der Waals surface area (Å²) in [7, 11) is 0. The standard InChI is InChI=1S/C18H17ClN4OS/c1-2-15(16(20)24)25-18-22-21-17(12-8-10-13(19)11-9-12)23(18)14-6-4-3-5-7-14/h3-11,15H,2H2,1H3,(H2,20,24). The molecule has 0 aliphatic rings. The first-order chi connectivity index (χ1) is 12.1. The zero-order valence-electron chi connectivity index (χ0n) is 13.6. The third-order valence-corrected chi connectivity index (χ3v) is 5.26. The summed E-state index contributed by atoms with van der Waals surface area (Å²) in [4.78, 5) is 11.6. The molecule has 128 valence electrons. The highest BCUT2D eigenvalue weighted by atomic mass is 35.5. The van der Waals surface area contributed by atoms with Gasteiger partial charge in [0.1, 0.15) is 0 Å². The van der Waals surface area contributed by atoms with Crippen molar-refractivity contribution in [1.29, 1.82) is 0 Å². The Morgan fingerprint density at radius 3 is 2.44 bits per heavy atom. The molecule has 0 fully saturated rings. The topological polar surface area (TPSA) is 73.8 Å². The fourth-order valence-corrected chi connectivity index (χ4v) is 3.46. The van der Waals surface area contributed by atoms with E-state index in [0.717, 1.165) is 11.3 Å². The van der Waals surface area contributed by atoms with Crippen LogP contribution in [0.2, 0.25) is 5.02 Å². The Balaban J connectivity index is 2.10. The number of nitrogens with zero attached hydrogens (tertiary/aromatic N) is 3. The van der Waals surface area contributed by atoms with Crippen molar-refractivity contribution in [2.75, 3.05) is 0 Å². The number of hydrogen-bond acceptors (Lipinski definition) is 4. The summed E-state index contributed by atoms with van der Waals surface area (Å²) in [5.74, 6) is 0.327. The van der Waals surface area contributed by atoms with Crippen LogP contribution in [0.3, 0.4) is 0 Å². The van der Waals surface area contributed by atoms with Crippen molar-refractivity contribution in [3.05, 3.63) is 59.6 Å². The number of benzene rings is 2. The van der Waals surface area contributed by atoms with Crippen molar-refractivity contribution < 1.29 is 4.79 Å². The number of carbonyl (C=O) groups is 1. The second-order valence-corrected chi connectivity index (χ2v) is 7.01. The lowest BCUT2D eigenvalue weighted by atomic mass is 10.2. The highest BCUT2D eigenvalue weighted by Gasteiger charge is 2.22. The number of para-hydroxylation sites is 1. The van der Waals surface area contributed by atoms with Crippen LogP contribution < -0.4 is 5.73 Å². The van der Waals surface area contributed by atoms with Crippen molar-refractivity contribution in [3.63, 3.8) is 0 Å². The number of primary amides is 1. The first-order valence-corrected chi connectivity index (χ1v) is 9.08. The lowest BCUT2D eigenvalue weighted by Crippen LogP contribution is -2.25. The Morgan fingerprint density at radius 1 is 1.16 bits per heavy atom. The fraction of sp³-hybridized carbons (Fsp3) is 0.167. The minimum atomic E-state index is -0.358. The third kappa shape index (κ3) is 3.86. The van der Waals surface area contributed by atoms with E-state index in [1.807, 2.05) is 66.1 Å². The number of halogens is 1. The fourth-order valence-electron chi connectivity index (χ4n) is 2.41. The molecule has 3 aromatic rings. The summed E-state index contributed by atoms with van der Waals surface area (Å²) in [6, 6.07) is 17.2. The maximum absolute atomic E-state index is 11.6. The predicted octanol–water partition coefficient (Wildman–Crippen LogP) is 3.94. The SMILES string of the molecule is CCC(Sc1nnc(-c2ccc(Cl)cc2)n1-c1ccccc1)C(N)=O. The minimum absolute atomic E-state index is 0.357. The van der Waals surface area contributed by atoms with E-state index in [-0.39, 0.29) is 11.2 Å². The first kappa shape index (κ1) is 17.5. The average Bonchev–Trinajstić information content (AvgIpc) is 3.04. The van der Waals surface area contributed by atoms with Gasteiger partial charge in [-0.3, -0.25) is 9.36 Å². The van der Waals surface area contributed by atoms with Gasteiger partial charge in [-0.25, -0.2) is 0 Å².